The number of pyridine rings is 1. The molecule has 1 amide bonds. The Morgan fingerprint density at radius 2 is 2.00 bits per heavy atom. The second kappa shape index (κ2) is 8.19. The van der Waals surface area contributed by atoms with Gasteiger partial charge in [-0.1, -0.05) is 6.07 Å². The first-order chi connectivity index (χ1) is 12.7. The topological polar surface area (TPSA) is 60.9 Å². The molecule has 0 bridgehead atoms. The summed E-state index contributed by atoms with van der Waals surface area (Å²) in [6.45, 7) is 1.83. The van der Waals surface area contributed by atoms with Gasteiger partial charge in [0.1, 0.15) is 11.5 Å². The van der Waals surface area contributed by atoms with E-state index in [-0.39, 0.29) is 17.7 Å². The van der Waals surface area contributed by atoms with E-state index in [0.29, 0.717) is 36.8 Å². The summed E-state index contributed by atoms with van der Waals surface area (Å²) < 4.78 is 16.0. The Morgan fingerprint density at radius 3 is 2.65 bits per heavy atom. The summed E-state index contributed by atoms with van der Waals surface area (Å²) in [7, 11) is 4.83. The van der Waals surface area contributed by atoms with Gasteiger partial charge in [-0.05, 0) is 24.3 Å². The summed E-state index contributed by atoms with van der Waals surface area (Å²) >= 11 is 0. The Bertz CT molecular complexity index is 751. The number of nitrogens with zero attached hydrogens (tertiary/aromatic N) is 2. The molecule has 1 aliphatic rings. The third-order valence-corrected chi connectivity index (χ3v) is 4.82. The number of amides is 1. The van der Waals surface area contributed by atoms with Gasteiger partial charge >= 0.3 is 0 Å². The Labute approximate surface area is 153 Å². The maximum atomic E-state index is 13.1. The van der Waals surface area contributed by atoms with E-state index in [1.807, 2.05) is 23.1 Å². The van der Waals surface area contributed by atoms with E-state index in [9.17, 15) is 4.79 Å². The minimum absolute atomic E-state index is 0.0518. The minimum atomic E-state index is -0.0518. The van der Waals surface area contributed by atoms with Crippen molar-refractivity contribution in [3.63, 3.8) is 0 Å². The average Bonchev–Trinajstić information content (AvgIpc) is 3.11. The van der Waals surface area contributed by atoms with Crippen LogP contribution in [0.1, 0.15) is 22.0 Å². The number of aromatic nitrogens is 1. The van der Waals surface area contributed by atoms with Crippen LogP contribution in [0.15, 0.2) is 42.6 Å². The van der Waals surface area contributed by atoms with Crippen LogP contribution in [0, 0.1) is 5.92 Å². The van der Waals surface area contributed by atoms with Crippen LogP contribution in [-0.2, 0) is 4.74 Å². The molecule has 6 nitrogen and oxygen atoms in total. The van der Waals surface area contributed by atoms with Gasteiger partial charge in [0.05, 0.1) is 26.4 Å². The first kappa shape index (κ1) is 18.2. The SMILES string of the molecule is COC[C@@H]1CN(C(=O)c2ccc(OC)cc2OC)C[C@H]1c1ccccn1. The highest BCUT2D eigenvalue weighted by Gasteiger charge is 2.37. The van der Waals surface area contributed by atoms with Crippen molar-refractivity contribution < 1.29 is 19.0 Å². The molecule has 1 aromatic heterocycles. The molecule has 2 heterocycles. The van der Waals surface area contributed by atoms with Crippen LogP contribution in [-0.4, -0.2) is 56.8 Å². The largest absolute Gasteiger partial charge is 0.497 e. The number of likely N-dealkylation sites (tertiary alicyclic amines) is 1. The number of carbonyl (C=O) groups excluding carboxylic acids is 1. The van der Waals surface area contributed by atoms with Gasteiger partial charge in [-0.15, -0.1) is 0 Å². The van der Waals surface area contributed by atoms with Gasteiger partial charge in [0, 0.05) is 50.0 Å². The van der Waals surface area contributed by atoms with Crippen molar-refractivity contribution in [1.82, 2.24) is 9.88 Å². The lowest BCUT2D eigenvalue weighted by molar-refractivity contribution is 0.0772. The zero-order valence-corrected chi connectivity index (χ0v) is 15.3. The van der Waals surface area contributed by atoms with Crippen molar-refractivity contribution in [2.75, 3.05) is 41.0 Å². The zero-order valence-electron chi connectivity index (χ0n) is 15.3. The number of methoxy groups -OCH3 is 3. The number of hydrogen-bond acceptors (Lipinski definition) is 5. The number of benzene rings is 1. The quantitative estimate of drug-likeness (QED) is 0.796. The molecule has 2 atom stereocenters. The van der Waals surface area contributed by atoms with Crippen molar-refractivity contribution in [3.05, 3.63) is 53.9 Å². The smallest absolute Gasteiger partial charge is 0.257 e. The van der Waals surface area contributed by atoms with Crippen LogP contribution in [0.25, 0.3) is 0 Å². The lowest BCUT2D eigenvalue weighted by Crippen LogP contribution is -2.29. The summed E-state index contributed by atoms with van der Waals surface area (Å²) in [5, 5.41) is 0. The van der Waals surface area contributed by atoms with Gasteiger partial charge in [-0.3, -0.25) is 9.78 Å². The highest BCUT2D eigenvalue weighted by molar-refractivity contribution is 5.97. The van der Waals surface area contributed by atoms with Gasteiger partial charge in [-0.2, -0.15) is 0 Å². The second-order valence-electron chi connectivity index (χ2n) is 6.35. The lowest BCUT2D eigenvalue weighted by Gasteiger charge is -2.18. The molecule has 1 aromatic carbocycles. The summed E-state index contributed by atoms with van der Waals surface area (Å²) in [6.07, 6.45) is 1.79. The van der Waals surface area contributed by atoms with Crippen molar-refractivity contribution >= 4 is 5.91 Å². The van der Waals surface area contributed by atoms with Crippen LogP contribution in [0.4, 0.5) is 0 Å². The maximum absolute atomic E-state index is 13.1. The zero-order chi connectivity index (χ0) is 18.5. The molecule has 0 N–H and O–H groups in total. The van der Waals surface area contributed by atoms with E-state index in [4.69, 9.17) is 14.2 Å². The molecule has 1 fully saturated rings. The average molecular weight is 356 g/mol. The summed E-state index contributed by atoms with van der Waals surface area (Å²) in [6, 6.07) is 11.1. The fourth-order valence-corrected chi connectivity index (χ4v) is 3.50. The molecule has 2 aromatic rings. The number of ether oxygens (including phenoxy) is 3. The highest BCUT2D eigenvalue weighted by atomic mass is 16.5. The normalized spacial score (nSPS) is 19.4. The molecule has 3 rings (SSSR count). The Balaban J connectivity index is 1.84. The molecule has 6 heteroatoms. The van der Waals surface area contributed by atoms with E-state index in [1.165, 1.54) is 0 Å². The third kappa shape index (κ3) is 3.65. The molecule has 0 spiro atoms. The molecule has 1 aliphatic heterocycles. The van der Waals surface area contributed by atoms with Gasteiger partial charge in [0.2, 0.25) is 0 Å². The van der Waals surface area contributed by atoms with Crippen LogP contribution in [0.2, 0.25) is 0 Å². The highest BCUT2D eigenvalue weighted by Crippen LogP contribution is 2.34. The molecule has 0 saturated carbocycles. The van der Waals surface area contributed by atoms with E-state index in [2.05, 4.69) is 4.98 Å². The molecular formula is C20H24N2O4. The number of carbonyl (C=O) groups is 1. The molecule has 0 aliphatic carbocycles. The molecular weight excluding hydrogens is 332 g/mol. The van der Waals surface area contributed by atoms with Gasteiger partial charge in [-0.25, -0.2) is 0 Å². The third-order valence-electron chi connectivity index (χ3n) is 4.82. The van der Waals surface area contributed by atoms with E-state index in [1.54, 1.807) is 45.7 Å². The Morgan fingerprint density at radius 1 is 1.15 bits per heavy atom. The molecule has 26 heavy (non-hydrogen) atoms. The minimum Gasteiger partial charge on any atom is -0.497 e. The van der Waals surface area contributed by atoms with Gasteiger partial charge in [0.15, 0.2) is 0 Å². The van der Waals surface area contributed by atoms with Gasteiger partial charge < -0.3 is 19.1 Å². The number of hydrogen-bond donors (Lipinski definition) is 0. The van der Waals surface area contributed by atoms with Crippen molar-refractivity contribution in [2.24, 2.45) is 5.92 Å². The molecule has 0 radical (unpaired) electrons. The fraction of sp³-hybridized carbons (Fsp3) is 0.400. The standard InChI is InChI=1S/C20H24N2O4/c1-24-13-14-11-22(12-17(14)18-6-4-5-9-21-18)20(23)16-8-7-15(25-2)10-19(16)26-3/h4-10,14,17H,11-13H2,1-3H3/t14-,17+/m0/s1. The summed E-state index contributed by atoms with van der Waals surface area (Å²) in [5.74, 6) is 1.49. The predicted molar refractivity (Wildman–Crippen MR) is 97.8 cm³/mol. The molecule has 0 unspecified atom stereocenters. The summed E-state index contributed by atoms with van der Waals surface area (Å²) in [4.78, 5) is 19.4. The maximum Gasteiger partial charge on any atom is 0.257 e. The number of rotatable bonds is 6. The van der Waals surface area contributed by atoms with Crippen LogP contribution in [0.3, 0.4) is 0 Å². The van der Waals surface area contributed by atoms with Crippen molar-refractivity contribution in [1.29, 1.82) is 0 Å². The van der Waals surface area contributed by atoms with E-state index >= 15 is 0 Å². The van der Waals surface area contributed by atoms with Crippen LogP contribution in [0.5, 0.6) is 11.5 Å². The molecule has 1 saturated heterocycles. The van der Waals surface area contributed by atoms with Gasteiger partial charge in [0.25, 0.3) is 5.91 Å². The van der Waals surface area contributed by atoms with Crippen molar-refractivity contribution in [3.8, 4) is 11.5 Å². The van der Waals surface area contributed by atoms with Crippen LogP contribution < -0.4 is 9.47 Å². The first-order valence-electron chi connectivity index (χ1n) is 8.59. The Hall–Kier alpha value is -2.60. The first-order valence-corrected chi connectivity index (χ1v) is 8.59. The monoisotopic (exact) mass is 356 g/mol. The predicted octanol–water partition coefficient (Wildman–Crippen LogP) is 2.60. The summed E-state index contributed by atoms with van der Waals surface area (Å²) in [5.41, 5.74) is 1.53. The fourth-order valence-electron chi connectivity index (χ4n) is 3.50. The second-order valence-corrected chi connectivity index (χ2v) is 6.35. The Kier molecular flexibility index (Phi) is 5.73. The van der Waals surface area contributed by atoms with E-state index in [0.717, 1.165) is 5.69 Å². The van der Waals surface area contributed by atoms with Crippen LogP contribution >= 0.6 is 0 Å². The lowest BCUT2D eigenvalue weighted by atomic mass is 9.93. The van der Waals surface area contributed by atoms with Crippen molar-refractivity contribution in [2.45, 2.75) is 5.92 Å². The molecule has 138 valence electrons. The van der Waals surface area contributed by atoms with E-state index < -0.39 is 0 Å².